The maximum atomic E-state index is 6.07. The Bertz CT molecular complexity index is 423. The molecule has 2 unspecified atom stereocenters. The standard InChI is InChI=1S/C15H24N2O2/c1-11-6-7-17(10-15(11)19-3)9-12-4-5-13(18-2)8-14(12)16/h4-5,8,11,15H,6-7,9-10,16H2,1-3H3. The minimum atomic E-state index is 0.327. The second-order valence-corrected chi connectivity index (χ2v) is 5.34. The lowest BCUT2D eigenvalue weighted by Crippen LogP contribution is -2.43. The van der Waals surface area contributed by atoms with Crippen LogP contribution in [0.5, 0.6) is 5.75 Å². The number of nitrogens with zero attached hydrogens (tertiary/aromatic N) is 1. The lowest BCUT2D eigenvalue weighted by atomic mass is 9.95. The molecule has 1 fully saturated rings. The molecule has 2 atom stereocenters. The van der Waals surface area contributed by atoms with Crippen LogP contribution in [0.15, 0.2) is 18.2 Å². The molecule has 1 aromatic rings. The first-order valence-corrected chi connectivity index (χ1v) is 6.81. The topological polar surface area (TPSA) is 47.7 Å². The summed E-state index contributed by atoms with van der Waals surface area (Å²) >= 11 is 0. The predicted molar refractivity (Wildman–Crippen MR) is 77.3 cm³/mol. The van der Waals surface area contributed by atoms with Crippen LogP contribution in [-0.2, 0) is 11.3 Å². The van der Waals surface area contributed by atoms with Gasteiger partial charge in [0.15, 0.2) is 0 Å². The zero-order valence-electron chi connectivity index (χ0n) is 12.1. The third kappa shape index (κ3) is 3.39. The van der Waals surface area contributed by atoms with E-state index in [9.17, 15) is 0 Å². The molecule has 0 aliphatic carbocycles. The molecule has 1 aliphatic heterocycles. The Morgan fingerprint density at radius 1 is 1.37 bits per heavy atom. The first kappa shape index (κ1) is 14.2. The van der Waals surface area contributed by atoms with Gasteiger partial charge in [0.05, 0.1) is 13.2 Å². The quantitative estimate of drug-likeness (QED) is 0.846. The van der Waals surface area contributed by atoms with Crippen LogP contribution in [0.2, 0.25) is 0 Å². The second kappa shape index (κ2) is 6.26. The predicted octanol–water partition coefficient (Wildman–Crippen LogP) is 2.13. The highest BCUT2D eigenvalue weighted by Gasteiger charge is 2.26. The molecule has 2 rings (SSSR count). The van der Waals surface area contributed by atoms with E-state index in [0.29, 0.717) is 12.0 Å². The molecule has 19 heavy (non-hydrogen) atoms. The van der Waals surface area contributed by atoms with Gasteiger partial charge in [-0.15, -0.1) is 0 Å². The SMILES string of the molecule is COc1ccc(CN2CCC(C)C(OC)C2)c(N)c1. The fourth-order valence-electron chi connectivity index (χ4n) is 2.63. The van der Waals surface area contributed by atoms with E-state index in [2.05, 4.69) is 11.8 Å². The number of likely N-dealkylation sites (tertiary alicyclic amines) is 1. The Hall–Kier alpha value is -1.26. The molecule has 4 nitrogen and oxygen atoms in total. The third-order valence-corrected chi connectivity index (χ3v) is 4.02. The summed E-state index contributed by atoms with van der Waals surface area (Å²) in [5, 5.41) is 0. The third-order valence-electron chi connectivity index (χ3n) is 4.02. The molecule has 1 saturated heterocycles. The average Bonchev–Trinajstić information content (AvgIpc) is 2.43. The Kier molecular flexibility index (Phi) is 4.66. The minimum Gasteiger partial charge on any atom is -0.497 e. The molecular weight excluding hydrogens is 240 g/mol. The first-order valence-electron chi connectivity index (χ1n) is 6.81. The Morgan fingerprint density at radius 2 is 2.16 bits per heavy atom. The summed E-state index contributed by atoms with van der Waals surface area (Å²) in [4.78, 5) is 2.41. The van der Waals surface area contributed by atoms with Crippen LogP contribution in [0.4, 0.5) is 5.69 Å². The fraction of sp³-hybridized carbons (Fsp3) is 0.600. The summed E-state index contributed by atoms with van der Waals surface area (Å²) in [6.07, 6.45) is 1.50. The smallest absolute Gasteiger partial charge is 0.120 e. The van der Waals surface area contributed by atoms with Gasteiger partial charge in [0.2, 0.25) is 0 Å². The molecule has 0 bridgehead atoms. The minimum absolute atomic E-state index is 0.327. The van der Waals surface area contributed by atoms with E-state index in [0.717, 1.165) is 36.6 Å². The van der Waals surface area contributed by atoms with Gasteiger partial charge in [-0.05, 0) is 30.5 Å². The highest BCUT2D eigenvalue weighted by Crippen LogP contribution is 2.24. The van der Waals surface area contributed by atoms with E-state index in [1.54, 1.807) is 14.2 Å². The van der Waals surface area contributed by atoms with Crippen molar-refractivity contribution in [2.45, 2.75) is 26.0 Å². The number of piperidine rings is 1. The number of anilines is 1. The van der Waals surface area contributed by atoms with Gasteiger partial charge in [-0.25, -0.2) is 0 Å². The van der Waals surface area contributed by atoms with Crippen LogP contribution in [-0.4, -0.2) is 38.3 Å². The number of nitrogen functional groups attached to an aromatic ring is 1. The number of methoxy groups -OCH3 is 2. The molecule has 1 aliphatic rings. The van der Waals surface area contributed by atoms with Crippen LogP contribution < -0.4 is 10.5 Å². The van der Waals surface area contributed by atoms with Crippen molar-refractivity contribution < 1.29 is 9.47 Å². The van der Waals surface area contributed by atoms with Crippen LogP contribution in [0, 0.1) is 5.92 Å². The van der Waals surface area contributed by atoms with Crippen molar-refractivity contribution in [2.24, 2.45) is 5.92 Å². The number of nitrogens with two attached hydrogens (primary N) is 1. The Morgan fingerprint density at radius 3 is 2.79 bits per heavy atom. The van der Waals surface area contributed by atoms with E-state index < -0.39 is 0 Å². The van der Waals surface area contributed by atoms with Crippen molar-refractivity contribution in [1.29, 1.82) is 0 Å². The molecule has 106 valence electrons. The Balaban J connectivity index is 2.01. The van der Waals surface area contributed by atoms with Gasteiger partial charge in [-0.3, -0.25) is 4.90 Å². The first-order chi connectivity index (χ1) is 9.13. The van der Waals surface area contributed by atoms with E-state index in [1.165, 1.54) is 6.42 Å². The van der Waals surface area contributed by atoms with Crippen molar-refractivity contribution in [1.82, 2.24) is 4.90 Å². The largest absolute Gasteiger partial charge is 0.497 e. The maximum Gasteiger partial charge on any atom is 0.120 e. The normalized spacial score (nSPS) is 24.4. The van der Waals surface area contributed by atoms with Gasteiger partial charge in [0.1, 0.15) is 5.75 Å². The summed E-state index contributed by atoms with van der Waals surface area (Å²) in [5.41, 5.74) is 8.03. The number of ether oxygens (including phenoxy) is 2. The van der Waals surface area contributed by atoms with Gasteiger partial charge >= 0.3 is 0 Å². The summed E-state index contributed by atoms with van der Waals surface area (Å²) in [5.74, 6) is 1.44. The monoisotopic (exact) mass is 264 g/mol. The average molecular weight is 264 g/mol. The molecule has 0 spiro atoms. The fourth-order valence-corrected chi connectivity index (χ4v) is 2.63. The molecule has 2 N–H and O–H groups in total. The van der Waals surface area contributed by atoms with Crippen molar-refractivity contribution in [3.63, 3.8) is 0 Å². The van der Waals surface area contributed by atoms with Crippen molar-refractivity contribution in [3.05, 3.63) is 23.8 Å². The summed E-state index contributed by atoms with van der Waals surface area (Å²) in [6, 6.07) is 5.90. The van der Waals surface area contributed by atoms with Gasteiger partial charge in [-0.2, -0.15) is 0 Å². The number of benzene rings is 1. The lowest BCUT2D eigenvalue weighted by molar-refractivity contribution is -0.00739. The van der Waals surface area contributed by atoms with Crippen LogP contribution in [0.25, 0.3) is 0 Å². The molecule has 0 radical (unpaired) electrons. The summed E-state index contributed by atoms with van der Waals surface area (Å²) < 4.78 is 10.7. The molecule has 0 saturated carbocycles. The highest BCUT2D eigenvalue weighted by atomic mass is 16.5. The maximum absolute atomic E-state index is 6.07. The highest BCUT2D eigenvalue weighted by molar-refractivity contribution is 5.51. The summed E-state index contributed by atoms with van der Waals surface area (Å²) in [6.45, 7) is 5.21. The van der Waals surface area contributed by atoms with Crippen LogP contribution in [0.3, 0.4) is 0 Å². The van der Waals surface area contributed by atoms with Crippen LogP contribution in [0.1, 0.15) is 18.9 Å². The molecular formula is C15H24N2O2. The zero-order chi connectivity index (χ0) is 13.8. The number of hydrogen-bond acceptors (Lipinski definition) is 4. The van der Waals surface area contributed by atoms with Gasteiger partial charge in [0, 0.05) is 32.0 Å². The van der Waals surface area contributed by atoms with Crippen molar-refractivity contribution >= 4 is 5.69 Å². The van der Waals surface area contributed by atoms with E-state index in [1.807, 2.05) is 18.2 Å². The van der Waals surface area contributed by atoms with Gasteiger partial charge in [-0.1, -0.05) is 13.0 Å². The molecule has 0 aromatic heterocycles. The molecule has 0 amide bonds. The summed E-state index contributed by atoms with van der Waals surface area (Å²) in [7, 11) is 3.45. The van der Waals surface area contributed by atoms with Crippen molar-refractivity contribution in [2.75, 3.05) is 33.0 Å². The number of rotatable bonds is 4. The Labute approximate surface area is 115 Å². The zero-order valence-corrected chi connectivity index (χ0v) is 12.1. The van der Waals surface area contributed by atoms with Crippen LogP contribution >= 0.6 is 0 Å². The number of hydrogen-bond donors (Lipinski definition) is 1. The van der Waals surface area contributed by atoms with Gasteiger partial charge in [0.25, 0.3) is 0 Å². The molecule has 1 heterocycles. The second-order valence-electron chi connectivity index (χ2n) is 5.34. The van der Waals surface area contributed by atoms with E-state index in [4.69, 9.17) is 15.2 Å². The molecule has 4 heteroatoms. The van der Waals surface area contributed by atoms with E-state index in [-0.39, 0.29) is 0 Å². The van der Waals surface area contributed by atoms with E-state index >= 15 is 0 Å². The lowest BCUT2D eigenvalue weighted by Gasteiger charge is -2.36. The molecule has 1 aromatic carbocycles. The van der Waals surface area contributed by atoms with Crippen molar-refractivity contribution in [3.8, 4) is 5.75 Å². The van der Waals surface area contributed by atoms with Gasteiger partial charge < -0.3 is 15.2 Å².